The van der Waals surface area contributed by atoms with Gasteiger partial charge in [0.1, 0.15) is 11.8 Å². The Hall–Kier alpha value is -1.21. The number of aryl methyl sites for hydroxylation is 3. The predicted octanol–water partition coefficient (Wildman–Crippen LogP) is 0.701. The molecular formula is C9H12BrN5O. The molecule has 0 bridgehead atoms. The predicted molar refractivity (Wildman–Crippen MR) is 60.7 cm³/mol. The SMILES string of the molecule is Cc1cc(C(O)c2c(Br)nnn2C)n(C)n1. The average molecular weight is 286 g/mol. The molecule has 0 aliphatic carbocycles. The molecule has 16 heavy (non-hydrogen) atoms. The maximum absolute atomic E-state index is 10.2. The molecule has 1 unspecified atom stereocenters. The molecule has 0 amide bonds. The number of nitrogens with zero attached hydrogens (tertiary/aromatic N) is 5. The minimum absolute atomic E-state index is 0.543. The van der Waals surface area contributed by atoms with Gasteiger partial charge >= 0.3 is 0 Å². The standard InChI is InChI=1S/C9H12BrN5O/c1-5-4-6(14(2)12-5)8(16)7-9(10)11-13-15(7)3/h4,8,16H,1-3H3. The first-order valence-corrected chi connectivity index (χ1v) is 5.53. The smallest absolute Gasteiger partial charge is 0.154 e. The summed E-state index contributed by atoms with van der Waals surface area (Å²) >= 11 is 3.26. The van der Waals surface area contributed by atoms with E-state index in [4.69, 9.17) is 0 Å². The van der Waals surface area contributed by atoms with Gasteiger partial charge in [-0.1, -0.05) is 5.21 Å². The van der Waals surface area contributed by atoms with Crippen LogP contribution in [0.1, 0.15) is 23.2 Å². The Morgan fingerprint density at radius 2 is 2.06 bits per heavy atom. The fourth-order valence-corrected chi connectivity index (χ4v) is 2.20. The van der Waals surface area contributed by atoms with E-state index < -0.39 is 6.10 Å². The molecule has 2 aromatic rings. The zero-order chi connectivity index (χ0) is 11.9. The van der Waals surface area contributed by atoms with Crippen molar-refractivity contribution in [3.8, 4) is 0 Å². The summed E-state index contributed by atoms with van der Waals surface area (Å²) in [6.07, 6.45) is -0.791. The van der Waals surface area contributed by atoms with Crippen LogP contribution in [0.15, 0.2) is 10.7 Å². The Balaban J connectivity index is 2.46. The van der Waals surface area contributed by atoms with E-state index in [1.165, 1.54) is 4.68 Å². The molecule has 1 N–H and O–H groups in total. The van der Waals surface area contributed by atoms with Crippen LogP contribution < -0.4 is 0 Å². The Morgan fingerprint density at radius 1 is 1.38 bits per heavy atom. The Morgan fingerprint density at radius 3 is 2.50 bits per heavy atom. The normalized spacial score (nSPS) is 13.1. The molecule has 1 atom stereocenters. The average Bonchev–Trinajstić information content (AvgIpc) is 2.70. The first kappa shape index (κ1) is 11.3. The van der Waals surface area contributed by atoms with E-state index in [9.17, 15) is 5.11 Å². The van der Waals surface area contributed by atoms with Gasteiger partial charge in [-0.2, -0.15) is 5.10 Å². The summed E-state index contributed by atoms with van der Waals surface area (Å²) in [6.45, 7) is 1.88. The quantitative estimate of drug-likeness (QED) is 0.882. The van der Waals surface area contributed by atoms with Crippen LogP contribution in [0.4, 0.5) is 0 Å². The molecule has 0 saturated heterocycles. The van der Waals surface area contributed by atoms with Gasteiger partial charge in [0.05, 0.1) is 11.4 Å². The number of halogens is 1. The van der Waals surface area contributed by atoms with E-state index >= 15 is 0 Å². The van der Waals surface area contributed by atoms with E-state index in [0.29, 0.717) is 16.0 Å². The molecule has 2 rings (SSSR count). The largest absolute Gasteiger partial charge is 0.380 e. The van der Waals surface area contributed by atoms with Crippen molar-refractivity contribution in [1.82, 2.24) is 24.8 Å². The van der Waals surface area contributed by atoms with Crippen molar-refractivity contribution in [2.24, 2.45) is 14.1 Å². The summed E-state index contributed by atoms with van der Waals surface area (Å²) in [6, 6.07) is 1.84. The highest BCUT2D eigenvalue weighted by atomic mass is 79.9. The van der Waals surface area contributed by atoms with E-state index in [1.54, 1.807) is 18.8 Å². The van der Waals surface area contributed by atoms with Crippen molar-refractivity contribution in [2.75, 3.05) is 0 Å². The molecule has 86 valence electrons. The van der Waals surface area contributed by atoms with Crippen molar-refractivity contribution in [1.29, 1.82) is 0 Å². The Kier molecular flexibility index (Phi) is 2.81. The summed E-state index contributed by atoms with van der Waals surface area (Å²) in [7, 11) is 3.53. The topological polar surface area (TPSA) is 68.8 Å². The first-order chi connectivity index (χ1) is 7.50. The molecule has 0 radical (unpaired) electrons. The molecule has 0 fully saturated rings. The summed E-state index contributed by atoms with van der Waals surface area (Å²) in [5, 5.41) is 22.1. The second-order valence-corrected chi connectivity index (χ2v) is 4.38. The van der Waals surface area contributed by atoms with E-state index in [1.807, 2.05) is 13.0 Å². The molecule has 0 aliphatic rings. The number of hydrogen-bond donors (Lipinski definition) is 1. The number of aliphatic hydroxyl groups excluding tert-OH is 1. The van der Waals surface area contributed by atoms with E-state index in [-0.39, 0.29) is 0 Å². The minimum atomic E-state index is -0.791. The molecular weight excluding hydrogens is 274 g/mol. The second-order valence-electron chi connectivity index (χ2n) is 3.63. The van der Waals surface area contributed by atoms with Gasteiger partial charge in [-0.25, -0.2) is 4.68 Å². The van der Waals surface area contributed by atoms with Gasteiger partial charge in [0.25, 0.3) is 0 Å². The molecule has 0 saturated carbocycles. The van der Waals surface area contributed by atoms with Crippen LogP contribution >= 0.6 is 15.9 Å². The highest BCUT2D eigenvalue weighted by molar-refractivity contribution is 9.10. The fraction of sp³-hybridized carbons (Fsp3) is 0.444. The van der Waals surface area contributed by atoms with Gasteiger partial charge in [0, 0.05) is 14.1 Å². The lowest BCUT2D eigenvalue weighted by Gasteiger charge is -2.10. The number of hydrogen-bond acceptors (Lipinski definition) is 4. The monoisotopic (exact) mass is 285 g/mol. The highest BCUT2D eigenvalue weighted by Crippen LogP contribution is 2.26. The van der Waals surface area contributed by atoms with E-state index in [0.717, 1.165) is 5.69 Å². The summed E-state index contributed by atoms with van der Waals surface area (Å²) in [5.41, 5.74) is 2.19. The fourth-order valence-electron chi connectivity index (χ4n) is 1.66. The van der Waals surface area contributed by atoms with Crippen molar-refractivity contribution >= 4 is 15.9 Å². The minimum Gasteiger partial charge on any atom is -0.380 e. The van der Waals surface area contributed by atoms with Crippen LogP contribution in [-0.2, 0) is 14.1 Å². The summed E-state index contributed by atoms with van der Waals surface area (Å²) < 4.78 is 3.73. The van der Waals surface area contributed by atoms with Gasteiger partial charge < -0.3 is 5.11 Å². The molecule has 0 aliphatic heterocycles. The third-order valence-corrected chi connectivity index (χ3v) is 2.97. The van der Waals surface area contributed by atoms with Crippen molar-refractivity contribution in [3.05, 3.63) is 27.8 Å². The maximum Gasteiger partial charge on any atom is 0.154 e. The maximum atomic E-state index is 10.2. The van der Waals surface area contributed by atoms with Crippen LogP contribution in [0.3, 0.4) is 0 Å². The molecule has 2 heterocycles. The van der Waals surface area contributed by atoms with Crippen molar-refractivity contribution < 1.29 is 5.11 Å². The molecule has 0 spiro atoms. The lowest BCUT2D eigenvalue weighted by Crippen LogP contribution is -2.11. The van der Waals surface area contributed by atoms with Gasteiger partial charge in [-0.15, -0.1) is 5.10 Å². The molecule has 7 heteroatoms. The number of rotatable bonds is 2. The van der Waals surface area contributed by atoms with Crippen LogP contribution in [0.5, 0.6) is 0 Å². The van der Waals surface area contributed by atoms with Crippen LogP contribution in [0.25, 0.3) is 0 Å². The second kappa shape index (κ2) is 3.99. The number of aromatic nitrogens is 5. The summed E-state index contributed by atoms with van der Waals surface area (Å²) in [5.74, 6) is 0. The Bertz CT molecular complexity index is 498. The van der Waals surface area contributed by atoms with E-state index in [2.05, 4.69) is 31.3 Å². The van der Waals surface area contributed by atoms with Gasteiger partial charge in [-0.05, 0) is 28.9 Å². The van der Waals surface area contributed by atoms with Crippen molar-refractivity contribution in [3.63, 3.8) is 0 Å². The zero-order valence-electron chi connectivity index (χ0n) is 9.22. The summed E-state index contributed by atoms with van der Waals surface area (Å²) in [4.78, 5) is 0. The lowest BCUT2D eigenvalue weighted by molar-refractivity contribution is 0.199. The van der Waals surface area contributed by atoms with Crippen LogP contribution in [-0.4, -0.2) is 29.9 Å². The number of aliphatic hydroxyl groups is 1. The van der Waals surface area contributed by atoms with Crippen LogP contribution in [0.2, 0.25) is 0 Å². The zero-order valence-corrected chi connectivity index (χ0v) is 10.8. The third-order valence-electron chi connectivity index (χ3n) is 2.40. The highest BCUT2D eigenvalue weighted by Gasteiger charge is 2.22. The third kappa shape index (κ3) is 1.76. The first-order valence-electron chi connectivity index (χ1n) is 4.74. The lowest BCUT2D eigenvalue weighted by atomic mass is 10.2. The molecule has 6 nitrogen and oxygen atoms in total. The van der Waals surface area contributed by atoms with Crippen LogP contribution in [0, 0.1) is 6.92 Å². The Labute approximate surface area is 101 Å². The van der Waals surface area contributed by atoms with Crippen molar-refractivity contribution in [2.45, 2.75) is 13.0 Å². The van der Waals surface area contributed by atoms with Gasteiger partial charge in [0.15, 0.2) is 4.60 Å². The van der Waals surface area contributed by atoms with Gasteiger partial charge in [-0.3, -0.25) is 4.68 Å². The van der Waals surface area contributed by atoms with Gasteiger partial charge in [0.2, 0.25) is 0 Å². The molecule has 0 aromatic carbocycles. The molecule has 2 aromatic heterocycles.